The molecule has 110 valence electrons. The Labute approximate surface area is 112 Å². The fraction of sp³-hybridized carbons (Fsp3) is 1.00. The summed E-state index contributed by atoms with van der Waals surface area (Å²) in [5.41, 5.74) is 0. The van der Waals surface area contributed by atoms with Gasteiger partial charge in [-0.3, -0.25) is 4.55 Å². The lowest BCUT2D eigenvalue weighted by molar-refractivity contribution is 0.147. The molecule has 0 amide bonds. The van der Waals surface area contributed by atoms with E-state index in [9.17, 15) is 13.5 Å². The number of hydrogen-bond donors (Lipinski definition) is 2. The Bertz CT molecular complexity index is 287. The van der Waals surface area contributed by atoms with E-state index < -0.39 is 15.4 Å². The van der Waals surface area contributed by atoms with Crippen LogP contribution < -0.4 is 0 Å². The van der Waals surface area contributed by atoms with E-state index in [0.717, 1.165) is 32.1 Å². The molecule has 0 aliphatic carbocycles. The van der Waals surface area contributed by atoms with Crippen LogP contribution in [0.25, 0.3) is 0 Å². The Kier molecular flexibility index (Phi) is 9.68. The van der Waals surface area contributed by atoms with Crippen LogP contribution in [0.1, 0.15) is 71.6 Å². The van der Waals surface area contributed by atoms with Crippen molar-refractivity contribution in [1.29, 1.82) is 0 Å². The zero-order valence-electron chi connectivity index (χ0n) is 11.6. The van der Waals surface area contributed by atoms with Crippen LogP contribution in [0, 0.1) is 0 Å². The van der Waals surface area contributed by atoms with E-state index in [1.165, 1.54) is 26.2 Å². The van der Waals surface area contributed by atoms with Crippen LogP contribution >= 0.6 is 0 Å². The highest BCUT2D eigenvalue weighted by Crippen LogP contribution is 2.14. The first-order valence-corrected chi connectivity index (χ1v) is 8.52. The van der Waals surface area contributed by atoms with Gasteiger partial charge in [0.25, 0.3) is 10.1 Å². The molecule has 2 N–H and O–H groups in total. The third-order valence-electron chi connectivity index (χ3n) is 3.30. The molecular weight excluding hydrogens is 252 g/mol. The van der Waals surface area contributed by atoms with Crippen LogP contribution in [0.5, 0.6) is 0 Å². The van der Waals surface area contributed by atoms with E-state index in [1.54, 1.807) is 0 Å². The highest BCUT2D eigenvalue weighted by molar-refractivity contribution is 7.86. The summed E-state index contributed by atoms with van der Waals surface area (Å²) in [6.45, 7) is 3.67. The molecule has 5 heteroatoms. The van der Waals surface area contributed by atoms with E-state index in [4.69, 9.17) is 4.55 Å². The molecule has 0 fully saturated rings. The topological polar surface area (TPSA) is 74.6 Å². The predicted molar refractivity (Wildman–Crippen MR) is 74.2 cm³/mol. The highest BCUT2D eigenvalue weighted by atomic mass is 32.2. The van der Waals surface area contributed by atoms with Crippen molar-refractivity contribution in [3.63, 3.8) is 0 Å². The van der Waals surface area contributed by atoms with Crippen LogP contribution in [-0.4, -0.2) is 29.4 Å². The standard InChI is InChI=1S/C13H28O4S/c1-3-4-5-6-10-13(14)11-8-7-9-12(2)18(15,16)17/h12-14H,3-11H2,1-2H3,(H,15,16,17). The molecule has 0 aliphatic rings. The number of aliphatic hydroxyl groups is 1. The molecule has 0 rings (SSSR count). The summed E-state index contributed by atoms with van der Waals surface area (Å²) in [5, 5.41) is 9.01. The molecule has 2 unspecified atom stereocenters. The molecule has 0 saturated heterocycles. The Morgan fingerprint density at radius 2 is 1.44 bits per heavy atom. The van der Waals surface area contributed by atoms with Gasteiger partial charge in [0.1, 0.15) is 0 Å². The van der Waals surface area contributed by atoms with Gasteiger partial charge in [0.15, 0.2) is 0 Å². The minimum Gasteiger partial charge on any atom is -0.393 e. The second-order valence-corrected chi connectivity index (χ2v) is 6.95. The van der Waals surface area contributed by atoms with Crippen molar-refractivity contribution in [3.05, 3.63) is 0 Å². The third kappa shape index (κ3) is 9.85. The SMILES string of the molecule is CCCCCCC(O)CCCCC(C)S(=O)(=O)O. The number of aliphatic hydroxyl groups excluding tert-OH is 1. The monoisotopic (exact) mass is 280 g/mol. The maximum atomic E-state index is 10.8. The number of unbranched alkanes of at least 4 members (excludes halogenated alkanes) is 4. The first-order chi connectivity index (χ1) is 8.38. The second-order valence-electron chi connectivity index (χ2n) is 5.11. The van der Waals surface area contributed by atoms with Crippen molar-refractivity contribution in [2.75, 3.05) is 0 Å². The summed E-state index contributed by atoms with van der Waals surface area (Å²) in [6.07, 6.45) is 7.97. The lowest BCUT2D eigenvalue weighted by Gasteiger charge is -2.11. The Hall–Kier alpha value is -0.130. The van der Waals surface area contributed by atoms with Crippen LogP contribution in [0.4, 0.5) is 0 Å². The molecule has 0 aromatic carbocycles. The van der Waals surface area contributed by atoms with Crippen molar-refractivity contribution < 1.29 is 18.1 Å². The van der Waals surface area contributed by atoms with Crippen LogP contribution in [0.3, 0.4) is 0 Å². The zero-order chi connectivity index (χ0) is 14.0. The van der Waals surface area contributed by atoms with E-state index in [2.05, 4.69) is 6.92 Å². The first-order valence-electron chi connectivity index (χ1n) is 7.02. The van der Waals surface area contributed by atoms with Crippen LogP contribution in [0.2, 0.25) is 0 Å². The van der Waals surface area contributed by atoms with Crippen molar-refractivity contribution in [1.82, 2.24) is 0 Å². The van der Waals surface area contributed by atoms with Crippen molar-refractivity contribution >= 4 is 10.1 Å². The second kappa shape index (κ2) is 9.75. The van der Waals surface area contributed by atoms with Gasteiger partial charge in [0, 0.05) is 0 Å². The lowest BCUT2D eigenvalue weighted by Crippen LogP contribution is -2.16. The lowest BCUT2D eigenvalue weighted by atomic mass is 10.0. The Morgan fingerprint density at radius 1 is 0.944 bits per heavy atom. The van der Waals surface area contributed by atoms with Gasteiger partial charge < -0.3 is 5.11 Å². The molecule has 0 bridgehead atoms. The average molecular weight is 280 g/mol. The highest BCUT2D eigenvalue weighted by Gasteiger charge is 2.16. The largest absolute Gasteiger partial charge is 0.393 e. The molecule has 18 heavy (non-hydrogen) atoms. The summed E-state index contributed by atoms with van der Waals surface area (Å²) in [7, 11) is -3.89. The van der Waals surface area contributed by atoms with Crippen molar-refractivity contribution in [2.24, 2.45) is 0 Å². The fourth-order valence-electron chi connectivity index (χ4n) is 1.91. The quantitative estimate of drug-likeness (QED) is 0.450. The maximum absolute atomic E-state index is 10.8. The van der Waals surface area contributed by atoms with Gasteiger partial charge in [0.2, 0.25) is 0 Å². The summed E-state index contributed by atoms with van der Waals surface area (Å²) < 4.78 is 30.3. The summed E-state index contributed by atoms with van der Waals surface area (Å²) in [6, 6.07) is 0. The number of rotatable bonds is 11. The van der Waals surface area contributed by atoms with E-state index in [-0.39, 0.29) is 6.10 Å². The molecule has 0 aromatic rings. The Balaban J connectivity index is 3.48. The van der Waals surface area contributed by atoms with E-state index >= 15 is 0 Å². The minimum absolute atomic E-state index is 0.261. The predicted octanol–water partition coefficient (Wildman–Crippen LogP) is 3.15. The molecule has 2 atom stereocenters. The zero-order valence-corrected chi connectivity index (χ0v) is 12.5. The van der Waals surface area contributed by atoms with E-state index in [0.29, 0.717) is 6.42 Å². The van der Waals surface area contributed by atoms with Crippen molar-refractivity contribution in [2.45, 2.75) is 83.0 Å². The molecule has 0 aliphatic heterocycles. The van der Waals surface area contributed by atoms with Gasteiger partial charge >= 0.3 is 0 Å². The fourth-order valence-corrected chi connectivity index (χ4v) is 2.38. The number of hydrogen-bond acceptors (Lipinski definition) is 3. The van der Waals surface area contributed by atoms with E-state index in [1.807, 2.05) is 0 Å². The molecule has 0 radical (unpaired) electrons. The van der Waals surface area contributed by atoms with Gasteiger partial charge in [0.05, 0.1) is 11.4 Å². The van der Waals surface area contributed by atoms with Crippen LogP contribution in [0.15, 0.2) is 0 Å². The summed E-state index contributed by atoms with van der Waals surface area (Å²) in [4.78, 5) is 0. The summed E-state index contributed by atoms with van der Waals surface area (Å²) >= 11 is 0. The van der Waals surface area contributed by atoms with Crippen molar-refractivity contribution in [3.8, 4) is 0 Å². The van der Waals surface area contributed by atoms with Gasteiger partial charge in [-0.1, -0.05) is 45.4 Å². The molecule has 0 spiro atoms. The van der Waals surface area contributed by atoms with Gasteiger partial charge in [-0.15, -0.1) is 0 Å². The Morgan fingerprint density at radius 3 is 1.94 bits per heavy atom. The first kappa shape index (κ1) is 17.9. The molecule has 4 nitrogen and oxygen atoms in total. The smallest absolute Gasteiger partial charge is 0.267 e. The molecule has 0 saturated carbocycles. The average Bonchev–Trinajstić information content (AvgIpc) is 2.28. The van der Waals surface area contributed by atoms with Crippen LogP contribution in [-0.2, 0) is 10.1 Å². The molecule has 0 aromatic heterocycles. The summed E-state index contributed by atoms with van der Waals surface area (Å²) in [5.74, 6) is 0. The molecular formula is C13H28O4S. The maximum Gasteiger partial charge on any atom is 0.267 e. The van der Waals surface area contributed by atoms with Gasteiger partial charge in [-0.25, -0.2) is 0 Å². The molecule has 0 heterocycles. The van der Waals surface area contributed by atoms with Gasteiger partial charge in [-0.2, -0.15) is 8.42 Å². The normalized spacial score (nSPS) is 15.6. The minimum atomic E-state index is -3.89. The third-order valence-corrected chi connectivity index (χ3v) is 4.55. The van der Waals surface area contributed by atoms with Gasteiger partial charge in [-0.05, 0) is 26.2 Å².